The molecule has 1 aliphatic rings. The molecule has 0 saturated carbocycles. The van der Waals surface area contributed by atoms with Crippen molar-refractivity contribution < 1.29 is 4.74 Å². The first kappa shape index (κ1) is 16.5. The van der Waals surface area contributed by atoms with Crippen molar-refractivity contribution in [2.45, 2.75) is 13.1 Å². The Hall–Kier alpha value is -1.85. The second-order valence-corrected chi connectivity index (χ2v) is 5.25. The lowest BCUT2D eigenvalue weighted by molar-refractivity contribution is 0.0341. The number of rotatable bonds is 6. The van der Waals surface area contributed by atoms with Crippen LogP contribution >= 0.6 is 0 Å². The van der Waals surface area contributed by atoms with E-state index in [1.165, 1.54) is 11.1 Å². The molecule has 1 fully saturated rings. The van der Waals surface area contributed by atoms with Crippen LogP contribution in [-0.4, -0.2) is 50.8 Å². The van der Waals surface area contributed by atoms with Crippen molar-refractivity contribution in [3.8, 4) is 0 Å². The SMILES string of the molecule is C=CCNC(=NC)NCc1ccccc1CN1CCOCC1. The number of hydrogen-bond donors (Lipinski definition) is 2. The van der Waals surface area contributed by atoms with E-state index in [1.54, 1.807) is 7.05 Å². The van der Waals surface area contributed by atoms with E-state index in [0.717, 1.165) is 45.4 Å². The molecule has 1 aromatic rings. The molecule has 0 unspecified atom stereocenters. The maximum absolute atomic E-state index is 5.41. The highest BCUT2D eigenvalue weighted by molar-refractivity contribution is 5.79. The van der Waals surface area contributed by atoms with Gasteiger partial charge >= 0.3 is 0 Å². The van der Waals surface area contributed by atoms with E-state index in [1.807, 2.05) is 6.08 Å². The summed E-state index contributed by atoms with van der Waals surface area (Å²) < 4.78 is 5.41. The molecule has 2 N–H and O–H groups in total. The fraction of sp³-hybridized carbons (Fsp3) is 0.471. The fourth-order valence-corrected chi connectivity index (χ4v) is 2.45. The molecule has 0 atom stereocenters. The summed E-state index contributed by atoms with van der Waals surface area (Å²) >= 11 is 0. The maximum atomic E-state index is 5.41. The number of benzene rings is 1. The molecular weight excluding hydrogens is 276 g/mol. The summed E-state index contributed by atoms with van der Waals surface area (Å²) in [4.78, 5) is 6.64. The normalized spacial score (nSPS) is 16.3. The predicted octanol–water partition coefficient (Wildman–Crippen LogP) is 1.37. The molecule has 1 aliphatic heterocycles. The van der Waals surface area contributed by atoms with Gasteiger partial charge in [-0.2, -0.15) is 0 Å². The van der Waals surface area contributed by atoms with E-state index in [9.17, 15) is 0 Å². The molecule has 1 aromatic carbocycles. The summed E-state index contributed by atoms with van der Waals surface area (Å²) in [5.41, 5.74) is 2.66. The molecule has 0 bridgehead atoms. The van der Waals surface area contributed by atoms with Gasteiger partial charge in [0.15, 0.2) is 5.96 Å². The van der Waals surface area contributed by atoms with Crippen LogP contribution < -0.4 is 10.6 Å². The number of ether oxygens (including phenoxy) is 1. The molecular formula is C17H26N4O. The zero-order chi connectivity index (χ0) is 15.6. The van der Waals surface area contributed by atoms with Crippen molar-refractivity contribution in [1.29, 1.82) is 0 Å². The summed E-state index contributed by atoms with van der Waals surface area (Å²) in [7, 11) is 1.78. The number of nitrogens with one attached hydrogen (secondary N) is 2. The molecule has 2 rings (SSSR count). The summed E-state index contributed by atoms with van der Waals surface area (Å²) in [6.45, 7) is 9.81. The topological polar surface area (TPSA) is 48.9 Å². The Kier molecular flexibility index (Phi) is 6.93. The molecule has 0 radical (unpaired) electrons. The van der Waals surface area contributed by atoms with E-state index in [0.29, 0.717) is 6.54 Å². The van der Waals surface area contributed by atoms with Crippen LogP contribution in [0, 0.1) is 0 Å². The van der Waals surface area contributed by atoms with Gasteiger partial charge in [0.05, 0.1) is 13.2 Å². The fourth-order valence-electron chi connectivity index (χ4n) is 2.45. The molecule has 0 spiro atoms. The quantitative estimate of drug-likeness (QED) is 0.473. The van der Waals surface area contributed by atoms with Gasteiger partial charge in [-0.05, 0) is 11.1 Å². The smallest absolute Gasteiger partial charge is 0.191 e. The summed E-state index contributed by atoms with van der Waals surface area (Å²) in [6, 6.07) is 8.56. The van der Waals surface area contributed by atoms with E-state index in [4.69, 9.17) is 4.74 Å². The number of hydrogen-bond acceptors (Lipinski definition) is 3. The molecule has 120 valence electrons. The molecule has 5 heteroatoms. The van der Waals surface area contributed by atoms with E-state index < -0.39 is 0 Å². The van der Waals surface area contributed by atoms with Gasteiger partial charge in [-0.15, -0.1) is 6.58 Å². The van der Waals surface area contributed by atoms with Gasteiger partial charge in [-0.3, -0.25) is 9.89 Å². The lowest BCUT2D eigenvalue weighted by atomic mass is 10.1. The average molecular weight is 302 g/mol. The van der Waals surface area contributed by atoms with Crippen molar-refractivity contribution in [2.75, 3.05) is 39.9 Å². The zero-order valence-corrected chi connectivity index (χ0v) is 13.3. The second kappa shape index (κ2) is 9.23. The molecule has 1 heterocycles. The van der Waals surface area contributed by atoms with Crippen LogP contribution in [0.1, 0.15) is 11.1 Å². The van der Waals surface area contributed by atoms with Crippen LogP contribution in [0.25, 0.3) is 0 Å². The van der Waals surface area contributed by atoms with Crippen molar-refractivity contribution in [3.05, 3.63) is 48.0 Å². The highest BCUT2D eigenvalue weighted by Crippen LogP contribution is 2.12. The van der Waals surface area contributed by atoms with E-state index in [2.05, 4.69) is 51.4 Å². The minimum Gasteiger partial charge on any atom is -0.379 e. The lowest BCUT2D eigenvalue weighted by Gasteiger charge is -2.27. The number of aliphatic imine (C=N–C) groups is 1. The van der Waals surface area contributed by atoms with Gasteiger partial charge in [0.2, 0.25) is 0 Å². The number of nitrogens with zero attached hydrogens (tertiary/aromatic N) is 2. The van der Waals surface area contributed by atoms with Crippen LogP contribution in [0.3, 0.4) is 0 Å². The van der Waals surface area contributed by atoms with Crippen LogP contribution in [0.2, 0.25) is 0 Å². The molecule has 22 heavy (non-hydrogen) atoms. The van der Waals surface area contributed by atoms with Crippen LogP contribution in [0.15, 0.2) is 41.9 Å². The van der Waals surface area contributed by atoms with Gasteiger partial charge < -0.3 is 15.4 Å². The van der Waals surface area contributed by atoms with Crippen LogP contribution in [-0.2, 0) is 17.8 Å². The third kappa shape index (κ3) is 5.16. The van der Waals surface area contributed by atoms with Gasteiger partial charge in [0.1, 0.15) is 0 Å². The molecule has 1 saturated heterocycles. The highest BCUT2D eigenvalue weighted by atomic mass is 16.5. The summed E-state index contributed by atoms with van der Waals surface area (Å²) in [5.74, 6) is 0.793. The van der Waals surface area contributed by atoms with E-state index in [-0.39, 0.29) is 0 Å². The Morgan fingerprint density at radius 3 is 2.68 bits per heavy atom. The Morgan fingerprint density at radius 1 is 1.27 bits per heavy atom. The van der Waals surface area contributed by atoms with Crippen LogP contribution in [0.4, 0.5) is 0 Å². The van der Waals surface area contributed by atoms with Gasteiger partial charge in [0, 0.05) is 39.8 Å². The minimum atomic E-state index is 0.703. The van der Waals surface area contributed by atoms with Gasteiger partial charge in [-0.1, -0.05) is 30.3 Å². The van der Waals surface area contributed by atoms with Gasteiger partial charge in [0.25, 0.3) is 0 Å². The van der Waals surface area contributed by atoms with Crippen molar-refractivity contribution in [1.82, 2.24) is 15.5 Å². The highest BCUT2D eigenvalue weighted by Gasteiger charge is 2.12. The van der Waals surface area contributed by atoms with Crippen molar-refractivity contribution >= 4 is 5.96 Å². The molecule has 0 aliphatic carbocycles. The monoisotopic (exact) mass is 302 g/mol. The number of morpholine rings is 1. The summed E-state index contributed by atoms with van der Waals surface area (Å²) in [6.07, 6.45) is 1.82. The first-order valence-electron chi connectivity index (χ1n) is 7.75. The Morgan fingerprint density at radius 2 is 2.00 bits per heavy atom. The van der Waals surface area contributed by atoms with E-state index >= 15 is 0 Å². The zero-order valence-electron chi connectivity index (χ0n) is 13.3. The third-order valence-electron chi connectivity index (χ3n) is 3.70. The van der Waals surface area contributed by atoms with Gasteiger partial charge in [-0.25, -0.2) is 0 Å². The van der Waals surface area contributed by atoms with Crippen molar-refractivity contribution in [3.63, 3.8) is 0 Å². The Bertz CT molecular complexity index is 495. The Balaban J connectivity index is 1.93. The minimum absolute atomic E-state index is 0.703. The largest absolute Gasteiger partial charge is 0.379 e. The summed E-state index contributed by atoms with van der Waals surface area (Å²) in [5, 5.41) is 6.53. The third-order valence-corrected chi connectivity index (χ3v) is 3.70. The Labute approximate surface area is 133 Å². The maximum Gasteiger partial charge on any atom is 0.191 e. The molecule has 5 nitrogen and oxygen atoms in total. The average Bonchev–Trinajstić information content (AvgIpc) is 2.57. The second-order valence-electron chi connectivity index (χ2n) is 5.25. The van der Waals surface area contributed by atoms with Crippen LogP contribution in [0.5, 0.6) is 0 Å². The number of guanidine groups is 1. The lowest BCUT2D eigenvalue weighted by Crippen LogP contribution is -2.38. The first-order chi connectivity index (χ1) is 10.8. The first-order valence-corrected chi connectivity index (χ1v) is 7.75. The predicted molar refractivity (Wildman–Crippen MR) is 90.9 cm³/mol. The molecule has 0 amide bonds. The molecule has 0 aromatic heterocycles. The van der Waals surface area contributed by atoms with Crippen molar-refractivity contribution in [2.24, 2.45) is 4.99 Å². The standard InChI is InChI=1S/C17H26N4O/c1-3-8-19-17(18-2)20-13-15-6-4-5-7-16(15)14-21-9-11-22-12-10-21/h3-7H,1,8-14H2,2H3,(H2,18,19,20).